The minimum absolute atomic E-state index is 0.150. The van der Waals surface area contributed by atoms with E-state index in [1.807, 2.05) is 0 Å². The number of hydrogen-bond donors (Lipinski definition) is 2. The first-order valence-electron chi connectivity index (χ1n) is 6.79. The van der Waals surface area contributed by atoms with Gasteiger partial charge in [-0.15, -0.1) is 0 Å². The summed E-state index contributed by atoms with van der Waals surface area (Å²) < 4.78 is 1.73. The van der Waals surface area contributed by atoms with Gasteiger partial charge in [0.05, 0.1) is 0 Å². The smallest absolute Gasteiger partial charge is 0.170 e. The molecule has 6 nitrogen and oxygen atoms in total. The Kier molecular flexibility index (Phi) is 3.96. The first-order valence-corrected chi connectivity index (χ1v) is 6.79. The Labute approximate surface area is 114 Å². The third-order valence-electron chi connectivity index (χ3n) is 3.38. The van der Waals surface area contributed by atoms with Gasteiger partial charge in [0.15, 0.2) is 5.82 Å². The average Bonchev–Trinajstić information content (AvgIpc) is 2.65. The Morgan fingerprint density at radius 3 is 2.84 bits per heavy atom. The lowest BCUT2D eigenvalue weighted by molar-refractivity contribution is 0.477. The van der Waals surface area contributed by atoms with E-state index in [9.17, 15) is 5.26 Å². The zero-order chi connectivity index (χ0) is 14.0. The fourth-order valence-corrected chi connectivity index (χ4v) is 2.48. The summed E-state index contributed by atoms with van der Waals surface area (Å²) in [7, 11) is 0. The molecule has 0 amide bonds. The molecule has 1 fully saturated rings. The van der Waals surface area contributed by atoms with Crippen molar-refractivity contribution >= 4 is 11.6 Å². The highest BCUT2D eigenvalue weighted by molar-refractivity contribution is 5.65. The van der Waals surface area contributed by atoms with Gasteiger partial charge in [-0.3, -0.25) is 0 Å². The van der Waals surface area contributed by atoms with Crippen LogP contribution in [0.15, 0.2) is 0 Å². The molecule has 1 atom stereocenters. The zero-order valence-electron chi connectivity index (χ0n) is 11.6. The van der Waals surface area contributed by atoms with E-state index in [4.69, 9.17) is 11.5 Å². The lowest BCUT2D eigenvalue weighted by Crippen LogP contribution is -2.43. The Morgan fingerprint density at radius 2 is 2.26 bits per heavy atom. The number of nitriles is 1. The molecule has 0 aromatic carbocycles. The number of rotatable bonds is 3. The van der Waals surface area contributed by atoms with Crippen LogP contribution in [0.3, 0.4) is 0 Å². The Bertz CT molecular complexity index is 484. The summed E-state index contributed by atoms with van der Waals surface area (Å²) in [4.78, 5) is 2.08. The quantitative estimate of drug-likeness (QED) is 0.844. The van der Waals surface area contributed by atoms with E-state index in [1.54, 1.807) is 4.68 Å². The van der Waals surface area contributed by atoms with E-state index in [0.717, 1.165) is 32.5 Å². The van der Waals surface area contributed by atoms with Crippen LogP contribution in [-0.2, 0) is 6.54 Å². The van der Waals surface area contributed by atoms with Crippen molar-refractivity contribution in [3.05, 3.63) is 5.56 Å². The molecule has 104 valence electrons. The summed E-state index contributed by atoms with van der Waals surface area (Å²) in [6.07, 6.45) is 2.06. The molecule has 0 bridgehead atoms. The van der Waals surface area contributed by atoms with Gasteiger partial charge < -0.3 is 16.4 Å². The molecule has 1 aromatic rings. The fourth-order valence-electron chi connectivity index (χ4n) is 2.48. The van der Waals surface area contributed by atoms with Crippen molar-refractivity contribution in [2.45, 2.75) is 39.3 Å². The van der Waals surface area contributed by atoms with Crippen molar-refractivity contribution < 1.29 is 0 Å². The molecule has 1 aliphatic heterocycles. The van der Waals surface area contributed by atoms with E-state index in [-0.39, 0.29) is 6.04 Å². The van der Waals surface area contributed by atoms with Crippen LogP contribution in [0, 0.1) is 17.2 Å². The van der Waals surface area contributed by atoms with Gasteiger partial charge >= 0.3 is 0 Å². The van der Waals surface area contributed by atoms with Crippen LogP contribution >= 0.6 is 0 Å². The number of hydrogen-bond acceptors (Lipinski definition) is 5. The highest BCUT2D eigenvalue weighted by atomic mass is 15.4. The standard InChI is InChI=1S/C13H22N6/c1-9(2)7-19-12(16)11(6-14)13(17-19)18-5-3-4-10(15)8-18/h9-10H,3-5,7-8,15-16H2,1-2H3. The molecule has 1 aliphatic rings. The maximum atomic E-state index is 9.30. The van der Waals surface area contributed by atoms with Gasteiger partial charge in [0, 0.05) is 25.7 Å². The molecule has 0 saturated carbocycles. The first kappa shape index (κ1) is 13.7. The number of piperidine rings is 1. The van der Waals surface area contributed by atoms with E-state index >= 15 is 0 Å². The van der Waals surface area contributed by atoms with Gasteiger partial charge in [0.1, 0.15) is 17.5 Å². The molecule has 1 unspecified atom stereocenters. The highest BCUT2D eigenvalue weighted by Crippen LogP contribution is 2.27. The molecule has 19 heavy (non-hydrogen) atoms. The van der Waals surface area contributed by atoms with Crippen molar-refractivity contribution in [2.75, 3.05) is 23.7 Å². The molecular formula is C13H22N6. The van der Waals surface area contributed by atoms with Crippen molar-refractivity contribution in [1.29, 1.82) is 5.26 Å². The molecule has 2 heterocycles. The van der Waals surface area contributed by atoms with Gasteiger partial charge in [0.2, 0.25) is 0 Å². The second-order valence-corrected chi connectivity index (χ2v) is 5.62. The average molecular weight is 262 g/mol. The summed E-state index contributed by atoms with van der Waals surface area (Å²) in [5.41, 5.74) is 12.5. The van der Waals surface area contributed by atoms with Gasteiger partial charge in [-0.2, -0.15) is 10.4 Å². The number of nitrogens with zero attached hydrogens (tertiary/aromatic N) is 4. The number of nitrogens with two attached hydrogens (primary N) is 2. The largest absolute Gasteiger partial charge is 0.383 e. The van der Waals surface area contributed by atoms with Crippen LogP contribution in [0.4, 0.5) is 11.6 Å². The number of aromatic nitrogens is 2. The van der Waals surface area contributed by atoms with Crippen LogP contribution in [0.5, 0.6) is 0 Å². The fraction of sp³-hybridized carbons (Fsp3) is 0.692. The topological polar surface area (TPSA) is 96.9 Å². The summed E-state index contributed by atoms with van der Waals surface area (Å²) in [5, 5.41) is 13.8. The predicted molar refractivity (Wildman–Crippen MR) is 75.6 cm³/mol. The van der Waals surface area contributed by atoms with E-state index < -0.39 is 0 Å². The summed E-state index contributed by atoms with van der Waals surface area (Å²) in [5.74, 6) is 1.59. The predicted octanol–water partition coefficient (Wildman–Crippen LogP) is 0.920. The molecule has 0 aliphatic carbocycles. The van der Waals surface area contributed by atoms with Gasteiger partial charge in [-0.1, -0.05) is 13.8 Å². The van der Waals surface area contributed by atoms with E-state index in [0.29, 0.717) is 23.1 Å². The van der Waals surface area contributed by atoms with Gasteiger partial charge in [0.25, 0.3) is 0 Å². The summed E-state index contributed by atoms with van der Waals surface area (Å²) in [6.45, 7) is 6.56. The van der Waals surface area contributed by atoms with Crippen molar-refractivity contribution in [3.8, 4) is 6.07 Å². The van der Waals surface area contributed by atoms with Crippen LogP contribution < -0.4 is 16.4 Å². The third kappa shape index (κ3) is 2.82. The lowest BCUT2D eigenvalue weighted by atomic mass is 10.1. The molecule has 6 heteroatoms. The second kappa shape index (κ2) is 5.49. The van der Waals surface area contributed by atoms with Crippen LogP contribution in [-0.4, -0.2) is 28.9 Å². The highest BCUT2D eigenvalue weighted by Gasteiger charge is 2.24. The van der Waals surface area contributed by atoms with Crippen molar-refractivity contribution in [1.82, 2.24) is 9.78 Å². The van der Waals surface area contributed by atoms with E-state index in [2.05, 4.69) is 29.9 Å². The van der Waals surface area contributed by atoms with Crippen LogP contribution in [0.2, 0.25) is 0 Å². The Morgan fingerprint density at radius 1 is 1.53 bits per heavy atom. The molecular weight excluding hydrogens is 240 g/mol. The molecule has 0 radical (unpaired) electrons. The molecule has 2 rings (SSSR count). The first-order chi connectivity index (χ1) is 9.02. The minimum Gasteiger partial charge on any atom is -0.383 e. The summed E-state index contributed by atoms with van der Waals surface area (Å²) >= 11 is 0. The SMILES string of the molecule is CC(C)Cn1nc(N2CCCC(N)C2)c(C#N)c1N. The van der Waals surface area contributed by atoms with E-state index in [1.165, 1.54) is 0 Å². The number of nitrogen functional groups attached to an aromatic ring is 1. The molecule has 1 saturated heterocycles. The van der Waals surface area contributed by atoms with Crippen LogP contribution in [0.1, 0.15) is 32.3 Å². The second-order valence-electron chi connectivity index (χ2n) is 5.62. The Hall–Kier alpha value is -1.74. The van der Waals surface area contributed by atoms with Crippen molar-refractivity contribution in [2.24, 2.45) is 11.7 Å². The third-order valence-corrected chi connectivity index (χ3v) is 3.38. The molecule has 0 spiro atoms. The zero-order valence-corrected chi connectivity index (χ0v) is 11.6. The van der Waals surface area contributed by atoms with Gasteiger partial charge in [-0.25, -0.2) is 4.68 Å². The normalized spacial score (nSPS) is 19.7. The number of anilines is 2. The molecule has 1 aromatic heterocycles. The molecule has 4 N–H and O–H groups in total. The minimum atomic E-state index is 0.150. The van der Waals surface area contributed by atoms with Crippen LogP contribution in [0.25, 0.3) is 0 Å². The van der Waals surface area contributed by atoms with Gasteiger partial charge in [-0.05, 0) is 18.8 Å². The summed E-state index contributed by atoms with van der Waals surface area (Å²) in [6, 6.07) is 2.33. The lowest BCUT2D eigenvalue weighted by Gasteiger charge is -2.30. The maximum Gasteiger partial charge on any atom is 0.170 e. The Balaban J connectivity index is 2.31. The monoisotopic (exact) mass is 262 g/mol. The maximum absolute atomic E-state index is 9.30. The van der Waals surface area contributed by atoms with Crippen molar-refractivity contribution in [3.63, 3.8) is 0 Å².